The second-order valence-electron chi connectivity index (χ2n) is 4.09. The highest BCUT2D eigenvalue weighted by Gasteiger charge is 2.15. The molecule has 2 rings (SSSR count). The number of hydrogen-bond donors (Lipinski definition) is 2. The SMILES string of the molecule is O=C(NC1CCCCNC1)c1ccccn1. The van der Waals surface area contributed by atoms with Gasteiger partial charge in [-0.25, -0.2) is 0 Å². The van der Waals surface area contributed by atoms with Gasteiger partial charge in [-0.2, -0.15) is 0 Å². The van der Waals surface area contributed by atoms with Gasteiger partial charge in [-0.3, -0.25) is 9.78 Å². The van der Waals surface area contributed by atoms with Gasteiger partial charge in [0.15, 0.2) is 0 Å². The van der Waals surface area contributed by atoms with Crippen molar-refractivity contribution < 1.29 is 4.79 Å². The van der Waals surface area contributed by atoms with Crippen LogP contribution in [0, 0.1) is 0 Å². The Morgan fingerprint density at radius 1 is 1.44 bits per heavy atom. The highest BCUT2D eigenvalue weighted by molar-refractivity contribution is 5.92. The van der Waals surface area contributed by atoms with Crippen molar-refractivity contribution in [2.75, 3.05) is 13.1 Å². The third-order valence-corrected chi connectivity index (χ3v) is 2.78. The molecule has 0 spiro atoms. The van der Waals surface area contributed by atoms with Crippen molar-refractivity contribution in [3.05, 3.63) is 30.1 Å². The Hall–Kier alpha value is -1.42. The second kappa shape index (κ2) is 5.61. The number of carbonyl (C=O) groups is 1. The normalized spacial score (nSPS) is 21.1. The van der Waals surface area contributed by atoms with E-state index in [1.54, 1.807) is 12.3 Å². The summed E-state index contributed by atoms with van der Waals surface area (Å²) in [6, 6.07) is 5.61. The standard InChI is InChI=1S/C12H17N3O/c16-12(11-6-2-4-8-14-11)15-10-5-1-3-7-13-9-10/h2,4,6,8,10,13H,1,3,5,7,9H2,(H,15,16). The topological polar surface area (TPSA) is 54.0 Å². The Morgan fingerprint density at radius 2 is 2.38 bits per heavy atom. The molecule has 86 valence electrons. The van der Waals surface area contributed by atoms with Crippen LogP contribution in [-0.4, -0.2) is 30.0 Å². The number of rotatable bonds is 2. The summed E-state index contributed by atoms with van der Waals surface area (Å²) in [5.74, 6) is -0.0747. The van der Waals surface area contributed by atoms with Gasteiger partial charge in [-0.05, 0) is 31.5 Å². The zero-order valence-corrected chi connectivity index (χ0v) is 9.28. The third kappa shape index (κ3) is 3.03. The van der Waals surface area contributed by atoms with Crippen molar-refractivity contribution in [1.82, 2.24) is 15.6 Å². The molecule has 0 aromatic carbocycles. The molecular formula is C12H17N3O. The smallest absolute Gasteiger partial charge is 0.270 e. The summed E-state index contributed by atoms with van der Waals surface area (Å²) in [6.07, 6.45) is 5.04. The monoisotopic (exact) mass is 219 g/mol. The van der Waals surface area contributed by atoms with Crippen molar-refractivity contribution in [2.45, 2.75) is 25.3 Å². The minimum Gasteiger partial charge on any atom is -0.347 e. The average molecular weight is 219 g/mol. The van der Waals surface area contributed by atoms with E-state index in [1.165, 1.54) is 12.8 Å². The van der Waals surface area contributed by atoms with E-state index in [9.17, 15) is 4.79 Å². The predicted octanol–water partition coefficient (Wildman–Crippen LogP) is 0.953. The van der Waals surface area contributed by atoms with Gasteiger partial charge >= 0.3 is 0 Å². The van der Waals surface area contributed by atoms with Crippen LogP contribution in [0.2, 0.25) is 0 Å². The van der Waals surface area contributed by atoms with E-state index in [4.69, 9.17) is 0 Å². The summed E-state index contributed by atoms with van der Waals surface area (Å²) in [4.78, 5) is 15.9. The van der Waals surface area contributed by atoms with E-state index < -0.39 is 0 Å². The van der Waals surface area contributed by atoms with Gasteiger partial charge in [-0.1, -0.05) is 12.5 Å². The van der Waals surface area contributed by atoms with Crippen LogP contribution in [0.15, 0.2) is 24.4 Å². The first-order valence-electron chi connectivity index (χ1n) is 5.79. The number of aromatic nitrogens is 1. The van der Waals surface area contributed by atoms with Gasteiger partial charge < -0.3 is 10.6 Å². The number of hydrogen-bond acceptors (Lipinski definition) is 3. The maximum Gasteiger partial charge on any atom is 0.270 e. The highest BCUT2D eigenvalue weighted by atomic mass is 16.1. The van der Waals surface area contributed by atoms with Crippen molar-refractivity contribution >= 4 is 5.91 Å². The first kappa shape index (κ1) is 11.1. The van der Waals surface area contributed by atoms with E-state index in [0.29, 0.717) is 5.69 Å². The fourth-order valence-corrected chi connectivity index (χ4v) is 1.90. The minimum absolute atomic E-state index is 0.0747. The molecule has 1 aromatic rings. The maximum absolute atomic E-state index is 11.8. The Kier molecular flexibility index (Phi) is 3.88. The van der Waals surface area contributed by atoms with Gasteiger partial charge in [-0.15, -0.1) is 0 Å². The summed E-state index contributed by atoms with van der Waals surface area (Å²) < 4.78 is 0. The number of carbonyl (C=O) groups excluding carboxylic acids is 1. The van der Waals surface area contributed by atoms with Crippen LogP contribution in [0.25, 0.3) is 0 Å². The molecule has 1 atom stereocenters. The Morgan fingerprint density at radius 3 is 3.19 bits per heavy atom. The Labute approximate surface area is 95.5 Å². The van der Waals surface area contributed by atoms with E-state index in [-0.39, 0.29) is 11.9 Å². The second-order valence-corrected chi connectivity index (χ2v) is 4.09. The van der Waals surface area contributed by atoms with Crippen LogP contribution in [0.4, 0.5) is 0 Å². The van der Waals surface area contributed by atoms with Crippen molar-refractivity contribution in [3.63, 3.8) is 0 Å². The van der Waals surface area contributed by atoms with Crippen LogP contribution >= 0.6 is 0 Å². The first-order valence-corrected chi connectivity index (χ1v) is 5.79. The van der Waals surface area contributed by atoms with Crippen molar-refractivity contribution in [3.8, 4) is 0 Å². The number of nitrogens with one attached hydrogen (secondary N) is 2. The van der Waals surface area contributed by atoms with Gasteiger partial charge in [0.1, 0.15) is 5.69 Å². The molecule has 1 aliphatic heterocycles. The van der Waals surface area contributed by atoms with Crippen molar-refractivity contribution in [1.29, 1.82) is 0 Å². The first-order chi connectivity index (χ1) is 7.86. The summed E-state index contributed by atoms with van der Waals surface area (Å²) in [5.41, 5.74) is 0.492. The molecule has 1 saturated heterocycles. The fraction of sp³-hybridized carbons (Fsp3) is 0.500. The molecule has 1 aliphatic rings. The molecule has 1 amide bonds. The molecule has 0 bridgehead atoms. The molecule has 4 heteroatoms. The Balaban J connectivity index is 1.91. The lowest BCUT2D eigenvalue weighted by Gasteiger charge is -2.15. The van der Waals surface area contributed by atoms with Gasteiger partial charge in [0.2, 0.25) is 0 Å². The lowest BCUT2D eigenvalue weighted by atomic mass is 10.1. The Bertz CT molecular complexity index is 331. The van der Waals surface area contributed by atoms with Crippen LogP contribution in [0.3, 0.4) is 0 Å². The summed E-state index contributed by atoms with van der Waals surface area (Å²) in [7, 11) is 0. The van der Waals surface area contributed by atoms with Crippen LogP contribution in [-0.2, 0) is 0 Å². The lowest BCUT2D eigenvalue weighted by molar-refractivity contribution is 0.0930. The average Bonchev–Trinajstić information content (AvgIpc) is 2.59. The molecule has 2 N–H and O–H groups in total. The molecule has 1 aromatic heterocycles. The molecule has 16 heavy (non-hydrogen) atoms. The van der Waals surface area contributed by atoms with E-state index in [1.807, 2.05) is 12.1 Å². The van der Waals surface area contributed by atoms with Gasteiger partial charge in [0.25, 0.3) is 5.91 Å². The summed E-state index contributed by atoms with van der Waals surface area (Å²) in [6.45, 7) is 1.91. The number of nitrogens with zero attached hydrogens (tertiary/aromatic N) is 1. The minimum atomic E-state index is -0.0747. The predicted molar refractivity (Wildman–Crippen MR) is 62.2 cm³/mol. The van der Waals surface area contributed by atoms with Crippen LogP contribution in [0.1, 0.15) is 29.8 Å². The third-order valence-electron chi connectivity index (χ3n) is 2.78. The number of amides is 1. The molecule has 0 aliphatic carbocycles. The van der Waals surface area contributed by atoms with Gasteiger partial charge in [0, 0.05) is 18.8 Å². The molecule has 4 nitrogen and oxygen atoms in total. The zero-order chi connectivity index (χ0) is 11.2. The van der Waals surface area contributed by atoms with Crippen LogP contribution in [0.5, 0.6) is 0 Å². The molecule has 0 radical (unpaired) electrons. The van der Waals surface area contributed by atoms with Gasteiger partial charge in [0.05, 0.1) is 0 Å². The maximum atomic E-state index is 11.8. The lowest BCUT2D eigenvalue weighted by Crippen LogP contribution is -2.41. The molecular weight excluding hydrogens is 202 g/mol. The quantitative estimate of drug-likeness (QED) is 0.778. The summed E-state index contributed by atoms with van der Waals surface area (Å²) in [5, 5.41) is 6.33. The molecule has 1 unspecified atom stereocenters. The molecule has 0 saturated carbocycles. The van der Waals surface area contributed by atoms with Crippen molar-refractivity contribution in [2.24, 2.45) is 0 Å². The van der Waals surface area contributed by atoms with E-state index in [2.05, 4.69) is 15.6 Å². The number of pyridine rings is 1. The zero-order valence-electron chi connectivity index (χ0n) is 9.28. The van der Waals surface area contributed by atoms with Crippen LogP contribution < -0.4 is 10.6 Å². The highest BCUT2D eigenvalue weighted by Crippen LogP contribution is 2.05. The largest absolute Gasteiger partial charge is 0.347 e. The summed E-state index contributed by atoms with van der Waals surface area (Å²) >= 11 is 0. The van der Waals surface area contributed by atoms with E-state index >= 15 is 0 Å². The molecule has 1 fully saturated rings. The van der Waals surface area contributed by atoms with E-state index in [0.717, 1.165) is 19.5 Å². The fourth-order valence-electron chi connectivity index (χ4n) is 1.90. The molecule has 2 heterocycles.